The minimum absolute atomic E-state index is 0.108. The first-order valence-electron chi connectivity index (χ1n) is 6.99. The first kappa shape index (κ1) is 12.8. The van der Waals surface area contributed by atoms with Gasteiger partial charge in [-0.05, 0) is 48.9 Å². The van der Waals surface area contributed by atoms with E-state index in [0.29, 0.717) is 11.4 Å². The largest absolute Gasteiger partial charge is 0.397 e. The highest BCUT2D eigenvalue weighted by molar-refractivity contribution is 6.04. The predicted molar refractivity (Wildman–Crippen MR) is 80.9 cm³/mol. The van der Waals surface area contributed by atoms with Gasteiger partial charge < -0.3 is 15.6 Å². The van der Waals surface area contributed by atoms with Crippen LogP contribution in [0.3, 0.4) is 0 Å². The molecule has 4 nitrogen and oxygen atoms in total. The van der Waals surface area contributed by atoms with Crippen molar-refractivity contribution in [3.05, 3.63) is 47.3 Å². The van der Waals surface area contributed by atoms with Crippen LogP contribution in [0.25, 0.3) is 0 Å². The monoisotopic (exact) mass is 269 g/mol. The summed E-state index contributed by atoms with van der Waals surface area (Å²) in [7, 11) is 1.83. The van der Waals surface area contributed by atoms with Gasteiger partial charge in [0.1, 0.15) is 5.69 Å². The van der Waals surface area contributed by atoms with E-state index in [4.69, 9.17) is 5.73 Å². The Morgan fingerprint density at radius 2 is 2.10 bits per heavy atom. The average molecular weight is 269 g/mol. The summed E-state index contributed by atoms with van der Waals surface area (Å²) in [6, 6.07) is 7.85. The van der Waals surface area contributed by atoms with E-state index in [1.165, 1.54) is 24.0 Å². The fourth-order valence-electron chi connectivity index (χ4n) is 2.90. The first-order valence-corrected chi connectivity index (χ1v) is 6.99. The zero-order chi connectivity index (χ0) is 14.1. The fraction of sp³-hybridized carbons (Fsp3) is 0.312. The lowest BCUT2D eigenvalue weighted by molar-refractivity contribution is 0.101. The molecule has 1 aliphatic rings. The van der Waals surface area contributed by atoms with Gasteiger partial charge in [0.15, 0.2) is 0 Å². The van der Waals surface area contributed by atoms with Crippen LogP contribution in [0.5, 0.6) is 0 Å². The predicted octanol–water partition coefficient (Wildman–Crippen LogP) is 2.74. The maximum absolute atomic E-state index is 12.3. The number of aromatic nitrogens is 1. The van der Waals surface area contributed by atoms with E-state index in [1.807, 2.05) is 19.2 Å². The molecule has 0 spiro atoms. The Balaban J connectivity index is 1.88. The number of amides is 1. The summed E-state index contributed by atoms with van der Waals surface area (Å²) in [6.45, 7) is 0. The second-order valence-electron chi connectivity index (χ2n) is 5.37. The number of carbonyl (C=O) groups excluding carboxylic acids is 1. The van der Waals surface area contributed by atoms with Crippen LogP contribution in [0, 0.1) is 0 Å². The maximum Gasteiger partial charge on any atom is 0.272 e. The summed E-state index contributed by atoms with van der Waals surface area (Å²) in [5.41, 5.74) is 10.5. The number of aryl methyl sites for hydroxylation is 2. The van der Waals surface area contributed by atoms with Crippen LogP contribution in [-0.4, -0.2) is 10.5 Å². The number of nitrogen functional groups attached to an aromatic ring is 1. The van der Waals surface area contributed by atoms with Gasteiger partial charge in [-0.1, -0.05) is 12.1 Å². The minimum atomic E-state index is -0.108. The molecule has 0 saturated carbocycles. The summed E-state index contributed by atoms with van der Waals surface area (Å²) < 4.78 is 1.75. The molecule has 1 amide bonds. The zero-order valence-corrected chi connectivity index (χ0v) is 11.6. The molecular weight excluding hydrogens is 250 g/mol. The third-order valence-corrected chi connectivity index (χ3v) is 3.90. The number of anilines is 2. The Morgan fingerprint density at radius 1 is 1.30 bits per heavy atom. The fourth-order valence-corrected chi connectivity index (χ4v) is 2.90. The molecule has 0 unspecified atom stereocenters. The van der Waals surface area contributed by atoms with Crippen molar-refractivity contribution in [3.63, 3.8) is 0 Å². The van der Waals surface area contributed by atoms with Gasteiger partial charge in [-0.25, -0.2) is 0 Å². The van der Waals surface area contributed by atoms with Crippen molar-refractivity contribution in [1.82, 2.24) is 4.57 Å². The summed E-state index contributed by atoms with van der Waals surface area (Å²) in [4.78, 5) is 12.3. The summed E-state index contributed by atoms with van der Waals surface area (Å²) in [5.74, 6) is -0.108. The molecule has 0 atom stereocenters. The molecule has 0 bridgehead atoms. The number of nitrogens with zero attached hydrogens (tertiary/aromatic N) is 1. The standard InChI is InChI=1S/C16H19N3O/c1-19-10-12(17)9-15(19)16(20)18-14-8-4-6-11-5-2-3-7-13(11)14/h4,6,8-10H,2-3,5,7,17H2,1H3,(H,18,20). The highest BCUT2D eigenvalue weighted by atomic mass is 16.1. The molecular formula is C16H19N3O. The molecule has 0 aliphatic heterocycles. The van der Waals surface area contributed by atoms with E-state index < -0.39 is 0 Å². The molecule has 104 valence electrons. The highest BCUT2D eigenvalue weighted by Crippen LogP contribution is 2.28. The van der Waals surface area contributed by atoms with Gasteiger partial charge >= 0.3 is 0 Å². The molecule has 0 radical (unpaired) electrons. The molecule has 3 N–H and O–H groups in total. The number of nitrogens with one attached hydrogen (secondary N) is 1. The molecule has 20 heavy (non-hydrogen) atoms. The van der Waals surface area contributed by atoms with Crippen LogP contribution in [-0.2, 0) is 19.9 Å². The van der Waals surface area contributed by atoms with E-state index in [9.17, 15) is 4.79 Å². The molecule has 1 heterocycles. The van der Waals surface area contributed by atoms with Gasteiger partial charge in [0.2, 0.25) is 0 Å². The van der Waals surface area contributed by atoms with Crippen molar-refractivity contribution in [3.8, 4) is 0 Å². The van der Waals surface area contributed by atoms with Gasteiger partial charge in [0.25, 0.3) is 5.91 Å². The van der Waals surface area contributed by atoms with Crippen LogP contribution in [0.15, 0.2) is 30.5 Å². The number of hydrogen-bond acceptors (Lipinski definition) is 2. The van der Waals surface area contributed by atoms with Gasteiger partial charge in [-0.3, -0.25) is 4.79 Å². The Kier molecular flexibility index (Phi) is 3.22. The third kappa shape index (κ3) is 2.29. The van der Waals surface area contributed by atoms with Gasteiger partial charge in [-0.15, -0.1) is 0 Å². The number of hydrogen-bond donors (Lipinski definition) is 2. The first-order chi connectivity index (χ1) is 9.65. The number of carbonyl (C=O) groups is 1. The molecule has 1 aromatic carbocycles. The second kappa shape index (κ2) is 5.04. The van der Waals surface area contributed by atoms with Crippen molar-refractivity contribution in [2.24, 2.45) is 7.05 Å². The molecule has 0 fully saturated rings. The quantitative estimate of drug-likeness (QED) is 0.880. The van der Waals surface area contributed by atoms with Crippen molar-refractivity contribution in [1.29, 1.82) is 0 Å². The third-order valence-electron chi connectivity index (χ3n) is 3.90. The topological polar surface area (TPSA) is 60.0 Å². The van der Waals surface area contributed by atoms with E-state index in [0.717, 1.165) is 18.5 Å². The lowest BCUT2D eigenvalue weighted by Crippen LogP contribution is -2.17. The van der Waals surface area contributed by atoms with E-state index in [1.54, 1.807) is 16.8 Å². The van der Waals surface area contributed by atoms with Gasteiger partial charge in [0, 0.05) is 18.9 Å². The van der Waals surface area contributed by atoms with Crippen LogP contribution in [0.2, 0.25) is 0 Å². The van der Waals surface area contributed by atoms with Crippen molar-refractivity contribution in [2.75, 3.05) is 11.1 Å². The average Bonchev–Trinajstić information content (AvgIpc) is 2.78. The minimum Gasteiger partial charge on any atom is -0.397 e. The summed E-state index contributed by atoms with van der Waals surface area (Å²) in [5, 5.41) is 3.03. The van der Waals surface area contributed by atoms with Gasteiger partial charge in [-0.2, -0.15) is 0 Å². The zero-order valence-electron chi connectivity index (χ0n) is 11.6. The molecule has 2 aromatic rings. The Labute approximate surface area is 118 Å². The van der Waals surface area contributed by atoms with Crippen LogP contribution < -0.4 is 11.1 Å². The van der Waals surface area contributed by atoms with Crippen molar-refractivity contribution in [2.45, 2.75) is 25.7 Å². The van der Waals surface area contributed by atoms with E-state index in [-0.39, 0.29) is 5.91 Å². The Morgan fingerprint density at radius 3 is 2.85 bits per heavy atom. The molecule has 3 rings (SSSR count). The highest BCUT2D eigenvalue weighted by Gasteiger charge is 2.16. The van der Waals surface area contributed by atoms with Crippen LogP contribution >= 0.6 is 0 Å². The smallest absolute Gasteiger partial charge is 0.272 e. The Hall–Kier alpha value is -2.23. The number of benzene rings is 1. The van der Waals surface area contributed by atoms with Crippen LogP contribution in [0.1, 0.15) is 34.5 Å². The number of rotatable bonds is 2. The lowest BCUT2D eigenvalue weighted by atomic mass is 9.90. The normalized spacial score (nSPS) is 13.8. The van der Waals surface area contributed by atoms with Crippen LogP contribution in [0.4, 0.5) is 11.4 Å². The second-order valence-corrected chi connectivity index (χ2v) is 5.37. The van der Waals surface area contributed by atoms with Gasteiger partial charge in [0.05, 0.1) is 5.69 Å². The molecule has 1 aromatic heterocycles. The maximum atomic E-state index is 12.3. The SMILES string of the molecule is Cn1cc(N)cc1C(=O)Nc1cccc2c1CCCC2. The number of nitrogens with two attached hydrogens (primary N) is 1. The summed E-state index contributed by atoms with van der Waals surface area (Å²) in [6.07, 6.45) is 6.32. The van der Waals surface area contributed by atoms with Crippen molar-refractivity contribution < 1.29 is 4.79 Å². The van der Waals surface area contributed by atoms with E-state index in [2.05, 4.69) is 11.4 Å². The van der Waals surface area contributed by atoms with Crippen molar-refractivity contribution >= 4 is 17.3 Å². The van der Waals surface area contributed by atoms with E-state index >= 15 is 0 Å². The number of fused-ring (bicyclic) bond motifs is 1. The molecule has 4 heteroatoms. The molecule has 1 aliphatic carbocycles. The lowest BCUT2D eigenvalue weighted by Gasteiger charge is -2.19. The Bertz CT molecular complexity index is 658. The summed E-state index contributed by atoms with van der Waals surface area (Å²) >= 11 is 0. The molecule has 0 saturated heterocycles.